The van der Waals surface area contributed by atoms with Crippen LogP contribution in [0.3, 0.4) is 0 Å². The van der Waals surface area contributed by atoms with Gasteiger partial charge >= 0.3 is 0 Å². The molecule has 1 aromatic rings. The Morgan fingerprint density at radius 1 is 1.11 bits per heavy atom. The number of amides is 2. The highest BCUT2D eigenvalue weighted by Gasteiger charge is 2.40. The molecule has 3 rings (SSSR count). The average Bonchev–Trinajstić information content (AvgIpc) is 3.07. The van der Waals surface area contributed by atoms with Crippen LogP contribution in [0.1, 0.15) is 51.5 Å². The summed E-state index contributed by atoms with van der Waals surface area (Å²) in [5, 5.41) is 3.39. The van der Waals surface area contributed by atoms with Gasteiger partial charge in [0, 0.05) is 25.3 Å². The minimum Gasteiger partial charge on any atom is -0.342 e. The van der Waals surface area contributed by atoms with Crippen LogP contribution in [0.5, 0.6) is 0 Å². The summed E-state index contributed by atoms with van der Waals surface area (Å²) in [4.78, 5) is 29.5. The molecular formula is C22H34ClN3O2. The van der Waals surface area contributed by atoms with Gasteiger partial charge in [0.1, 0.15) is 5.92 Å². The van der Waals surface area contributed by atoms with Crippen molar-refractivity contribution < 1.29 is 9.59 Å². The third-order valence-corrected chi connectivity index (χ3v) is 5.98. The third kappa shape index (κ3) is 5.06. The van der Waals surface area contributed by atoms with E-state index in [0.717, 1.165) is 44.7 Å². The molecule has 0 radical (unpaired) electrons. The topological polar surface area (TPSA) is 52.7 Å². The lowest BCUT2D eigenvalue weighted by Gasteiger charge is -2.33. The number of anilines is 1. The first-order valence-corrected chi connectivity index (χ1v) is 10.4. The van der Waals surface area contributed by atoms with E-state index in [1.807, 2.05) is 17.0 Å². The SMILES string of the molecule is CCNCC1CCN(C(=O)C2CCN(c3ccc(C(C)C)cc3)C2=O)CC1.Cl. The van der Waals surface area contributed by atoms with E-state index in [1.165, 1.54) is 5.56 Å². The molecule has 1 atom stereocenters. The van der Waals surface area contributed by atoms with Crippen molar-refractivity contribution in [1.82, 2.24) is 10.2 Å². The van der Waals surface area contributed by atoms with Gasteiger partial charge in [-0.1, -0.05) is 32.9 Å². The van der Waals surface area contributed by atoms with Crippen LogP contribution in [0, 0.1) is 11.8 Å². The van der Waals surface area contributed by atoms with Crippen LogP contribution >= 0.6 is 12.4 Å². The van der Waals surface area contributed by atoms with Crippen LogP contribution in [0.15, 0.2) is 24.3 Å². The van der Waals surface area contributed by atoms with Gasteiger partial charge in [-0.25, -0.2) is 0 Å². The van der Waals surface area contributed by atoms with Gasteiger partial charge in [0.25, 0.3) is 0 Å². The average molecular weight is 408 g/mol. The van der Waals surface area contributed by atoms with E-state index in [2.05, 4.69) is 38.2 Å². The summed E-state index contributed by atoms with van der Waals surface area (Å²) in [5.74, 6) is 0.609. The number of nitrogens with zero attached hydrogens (tertiary/aromatic N) is 2. The van der Waals surface area contributed by atoms with Crippen molar-refractivity contribution in [3.63, 3.8) is 0 Å². The molecule has 6 heteroatoms. The van der Waals surface area contributed by atoms with Gasteiger partial charge in [-0.2, -0.15) is 0 Å². The van der Waals surface area contributed by atoms with Gasteiger partial charge in [0.05, 0.1) is 0 Å². The fourth-order valence-corrected chi connectivity index (χ4v) is 4.13. The van der Waals surface area contributed by atoms with Gasteiger partial charge in [-0.05, 0) is 61.9 Å². The number of nitrogens with one attached hydrogen (secondary N) is 1. The lowest BCUT2D eigenvalue weighted by Crippen LogP contribution is -2.45. The molecule has 2 fully saturated rings. The van der Waals surface area contributed by atoms with Gasteiger partial charge < -0.3 is 15.1 Å². The Morgan fingerprint density at radius 2 is 1.75 bits per heavy atom. The minimum atomic E-state index is -0.500. The van der Waals surface area contributed by atoms with Crippen molar-refractivity contribution in [2.24, 2.45) is 11.8 Å². The van der Waals surface area contributed by atoms with Crippen molar-refractivity contribution in [3.05, 3.63) is 29.8 Å². The van der Waals surface area contributed by atoms with E-state index in [4.69, 9.17) is 0 Å². The largest absolute Gasteiger partial charge is 0.342 e. The monoisotopic (exact) mass is 407 g/mol. The summed E-state index contributed by atoms with van der Waals surface area (Å²) in [6.07, 6.45) is 2.68. The summed E-state index contributed by atoms with van der Waals surface area (Å²) in [7, 11) is 0. The molecular weight excluding hydrogens is 374 g/mol. The molecule has 2 aliphatic rings. The maximum absolute atomic E-state index is 12.9. The van der Waals surface area contributed by atoms with Crippen LogP contribution in [0.2, 0.25) is 0 Å². The molecule has 0 aliphatic carbocycles. The molecule has 1 N–H and O–H groups in total. The second-order valence-corrected chi connectivity index (χ2v) is 8.15. The molecule has 0 saturated carbocycles. The van der Waals surface area contributed by atoms with E-state index < -0.39 is 5.92 Å². The van der Waals surface area contributed by atoms with Gasteiger partial charge in [0.15, 0.2) is 0 Å². The Morgan fingerprint density at radius 3 is 2.32 bits per heavy atom. The van der Waals surface area contributed by atoms with Crippen LogP contribution in [-0.2, 0) is 9.59 Å². The van der Waals surface area contributed by atoms with E-state index in [9.17, 15) is 9.59 Å². The van der Waals surface area contributed by atoms with Crippen LogP contribution in [0.25, 0.3) is 0 Å². The number of piperidine rings is 1. The summed E-state index contributed by atoms with van der Waals surface area (Å²) >= 11 is 0. The zero-order valence-corrected chi connectivity index (χ0v) is 18.1. The van der Waals surface area contributed by atoms with Gasteiger partial charge in [-0.3, -0.25) is 9.59 Å². The predicted molar refractivity (Wildman–Crippen MR) is 116 cm³/mol. The first-order valence-electron chi connectivity index (χ1n) is 10.4. The number of benzene rings is 1. The standard InChI is InChI=1S/C22H33N3O2.ClH/c1-4-23-15-17-9-12-24(13-10-17)21(26)20-11-14-25(22(20)27)19-7-5-18(6-8-19)16(2)3;/h5-8,16-17,20,23H,4,9-15H2,1-3H3;1H. The molecule has 5 nitrogen and oxygen atoms in total. The second kappa shape index (κ2) is 10.3. The van der Waals surface area contributed by atoms with Crippen molar-refractivity contribution in [3.8, 4) is 0 Å². The van der Waals surface area contributed by atoms with E-state index in [1.54, 1.807) is 4.90 Å². The second-order valence-electron chi connectivity index (χ2n) is 8.15. The number of likely N-dealkylation sites (tertiary alicyclic amines) is 1. The Kier molecular flexibility index (Phi) is 8.32. The molecule has 2 saturated heterocycles. The Balaban J connectivity index is 0.00000280. The maximum atomic E-state index is 12.9. The molecule has 28 heavy (non-hydrogen) atoms. The number of rotatable bonds is 6. The fraction of sp³-hybridized carbons (Fsp3) is 0.636. The van der Waals surface area contributed by atoms with Crippen LogP contribution in [-0.4, -0.2) is 49.4 Å². The van der Waals surface area contributed by atoms with Crippen molar-refractivity contribution in [1.29, 1.82) is 0 Å². The van der Waals surface area contributed by atoms with E-state index in [-0.39, 0.29) is 24.2 Å². The number of hydrogen-bond donors (Lipinski definition) is 1. The number of carbonyl (C=O) groups excluding carboxylic acids is 2. The molecule has 0 aromatic heterocycles. The molecule has 2 heterocycles. The number of halogens is 1. The number of hydrogen-bond acceptors (Lipinski definition) is 3. The van der Waals surface area contributed by atoms with Crippen molar-refractivity contribution >= 4 is 29.9 Å². The first-order chi connectivity index (χ1) is 13.0. The number of carbonyl (C=O) groups is 2. The molecule has 0 spiro atoms. The van der Waals surface area contributed by atoms with E-state index in [0.29, 0.717) is 24.8 Å². The lowest BCUT2D eigenvalue weighted by molar-refractivity contribution is -0.141. The Bertz CT molecular complexity index is 654. The molecule has 2 aliphatic heterocycles. The van der Waals surface area contributed by atoms with Crippen LogP contribution in [0.4, 0.5) is 5.69 Å². The summed E-state index contributed by atoms with van der Waals surface area (Å²) < 4.78 is 0. The maximum Gasteiger partial charge on any atom is 0.239 e. The van der Waals surface area contributed by atoms with Crippen molar-refractivity contribution in [2.75, 3.05) is 37.6 Å². The van der Waals surface area contributed by atoms with Gasteiger partial charge in [-0.15, -0.1) is 12.4 Å². The smallest absolute Gasteiger partial charge is 0.239 e. The highest BCUT2D eigenvalue weighted by Crippen LogP contribution is 2.29. The third-order valence-electron chi connectivity index (χ3n) is 5.98. The molecule has 1 unspecified atom stereocenters. The highest BCUT2D eigenvalue weighted by molar-refractivity contribution is 6.09. The predicted octanol–water partition coefficient (Wildman–Crippen LogP) is 3.43. The van der Waals surface area contributed by atoms with E-state index >= 15 is 0 Å². The highest BCUT2D eigenvalue weighted by atomic mass is 35.5. The zero-order valence-electron chi connectivity index (χ0n) is 17.3. The first kappa shape index (κ1) is 22.7. The van der Waals surface area contributed by atoms with Crippen LogP contribution < -0.4 is 10.2 Å². The van der Waals surface area contributed by atoms with Crippen molar-refractivity contribution in [2.45, 2.75) is 46.0 Å². The molecule has 156 valence electrons. The normalized spacial score (nSPS) is 20.6. The summed E-state index contributed by atoms with van der Waals surface area (Å²) in [6, 6.07) is 8.17. The molecule has 0 bridgehead atoms. The quantitative estimate of drug-likeness (QED) is 0.735. The summed E-state index contributed by atoms with van der Waals surface area (Å²) in [6.45, 7) is 10.6. The zero-order chi connectivity index (χ0) is 19.4. The lowest BCUT2D eigenvalue weighted by atomic mass is 9.95. The fourth-order valence-electron chi connectivity index (χ4n) is 4.13. The Hall–Kier alpha value is -1.59. The Labute approximate surface area is 175 Å². The van der Waals surface area contributed by atoms with Gasteiger partial charge in [0.2, 0.25) is 11.8 Å². The molecule has 1 aromatic carbocycles. The minimum absolute atomic E-state index is 0. The summed E-state index contributed by atoms with van der Waals surface area (Å²) in [5.41, 5.74) is 2.17. The molecule has 2 amide bonds.